The maximum atomic E-state index is 13.5. The van der Waals surface area contributed by atoms with E-state index in [2.05, 4.69) is 5.32 Å². The molecule has 7 heteroatoms. The molecule has 1 aliphatic carbocycles. The number of nitrogens with one attached hydrogen (secondary N) is 1. The van der Waals surface area contributed by atoms with Crippen LogP contribution in [0.3, 0.4) is 0 Å². The fourth-order valence-corrected chi connectivity index (χ4v) is 4.84. The highest BCUT2D eigenvalue weighted by molar-refractivity contribution is 7.10. The average Bonchev–Trinajstić information content (AvgIpc) is 3.14. The van der Waals surface area contributed by atoms with Gasteiger partial charge in [-0.2, -0.15) is 13.2 Å². The third-order valence-corrected chi connectivity index (χ3v) is 6.16. The van der Waals surface area contributed by atoms with Crippen LogP contribution in [0.15, 0.2) is 53.0 Å². The van der Waals surface area contributed by atoms with Crippen LogP contribution in [0, 0.1) is 0 Å². The lowest BCUT2D eigenvalue weighted by Gasteiger charge is -2.35. The van der Waals surface area contributed by atoms with Crippen molar-refractivity contribution in [3.05, 3.63) is 69.1 Å². The Labute approximate surface area is 157 Å². The lowest BCUT2D eigenvalue weighted by Crippen LogP contribution is -2.38. The zero-order valence-corrected chi connectivity index (χ0v) is 15.0. The quantitative estimate of drug-likeness (QED) is 0.802. The van der Waals surface area contributed by atoms with E-state index in [9.17, 15) is 22.8 Å². The van der Waals surface area contributed by atoms with Gasteiger partial charge in [-0.05, 0) is 29.5 Å². The normalized spacial score (nSPS) is 23.2. The molecule has 1 N–H and O–H groups in total. The summed E-state index contributed by atoms with van der Waals surface area (Å²) in [4.78, 5) is 26.2. The molecular formula is C20H16F3NO2S. The first-order chi connectivity index (χ1) is 12.8. The second-order valence-corrected chi connectivity index (χ2v) is 7.81. The Morgan fingerprint density at radius 3 is 2.48 bits per heavy atom. The standard InChI is InChI=1S/C20H16F3NO2S/c21-20(22,23)14-5-2-1-4-12(14)13-10-18(26)24-15-8-11(9-16(25)19(13)15)17-6-3-7-27-17/h1-7,11,13H,8-10H2,(H,24,26)/t11-,13-/m1/s1. The van der Waals surface area contributed by atoms with Crippen LogP contribution in [0.25, 0.3) is 0 Å². The van der Waals surface area contributed by atoms with Crippen LogP contribution >= 0.6 is 11.3 Å². The van der Waals surface area contributed by atoms with Crippen molar-refractivity contribution in [2.24, 2.45) is 0 Å². The van der Waals surface area contributed by atoms with E-state index < -0.39 is 17.7 Å². The first kappa shape index (κ1) is 18.0. The second-order valence-electron chi connectivity index (χ2n) is 6.83. The summed E-state index contributed by atoms with van der Waals surface area (Å²) in [6.45, 7) is 0. The van der Waals surface area contributed by atoms with Crippen molar-refractivity contribution in [2.45, 2.75) is 37.3 Å². The molecule has 0 bridgehead atoms. The molecule has 4 rings (SSSR count). The zero-order chi connectivity index (χ0) is 19.2. The van der Waals surface area contributed by atoms with E-state index in [0.717, 1.165) is 10.9 Å². The van der Waals surface area contributed by atoms with E-state index in [4.69, 9.17) is 0 Å². The Morgan fingerprint density at radius 1 is 1.00 bits per heavy atom. The molecule has 2 heterocycles. The van der Waals surface area contributed by atoms with E-state index >= 15 is 0 Å². The smallest absolute Gasteiger partial charge is 0.329 e. The summed E-state index contributed by atoms with van der Waals surface area (Å²) in [6, 6.07) is 9.05. The third kappa shape index (κ3) is 3.32. The van der Waals surface area contributed by atoms with Crippen molar-refractivity contribution in [2.75, 3.05) is 0 Å². The highest BCUT2D eigenvalue weighted by Crippen LogP contribution is 2.46. The van der Waals surface area contributed by atoms with Gasteiger partial charge in [-0.25, -0.2) is 0 Å². The monoisotopic (exact) mass is 391 g/mol. The second kappa shape index (κ2) is 6.64. The first-order valence-electron chi connectivity index (χ1n) is 8.60. The number of halogens is 3. The predicted molar refractivity (Wildman–Crippen MR) is 95.3 cm³/mol. The van der Waals surface area contributed by atoms with Gasteiger partial charge in [0.2, 0.25) is 5.91 Å². The van der Waals surface area contributed by atoms with E-state index in [1.807, 2.05) is 17.5 Å². The minimum Gasteiger partial charge on any atom is -0.329 e. The Morgan fingerprint density at radius 2 is 1.78 bits per heavy atom. The minimum absolute atomic E-state index is 0.00438. The number of thiophene rings is 1. The van der Waals surface area contributed by atoms with Gasteiger partial charge in [0.25, 0.3) is 0 Å². The van der Waals surface area contributed by atoms with E-state index in [0.29, 0.717) is 17.7 Å². The van der Waals surface area contributed by atoms with Gasteiger partial charge >= 0.3 is 6.18 Å². The number of rotatable bonds is 2. The van der Waals surface area contributed by atoms with Crippen LogP contribution in [0.2, 0.25) is 0 Å². The number of alkyl halides is 3. The van der Waals surface area contributed by atoms with Crippen molar-refractivity contribution in [3.8, 4) is 0 Å². The van der Waals surface area contributed by atoms with Crippen molar-refractivity contribution in [1.82, 2.24) is 5.32 Å². The van der Waals surface area contributed by atoms with Gasteiger partial charge in [0.1, 0.15) is 0 Å². The summed E-state index contributed by atoms with van der Waals surface area (Å²) < 4.78 is 40.4. The zero-order valence-electron chi connectivity index (χ0n) is 14.2. The summed E-state index contributed by atoms with van der Waals surface area (Å²) in [7, 11) is 0. The van der Waals surface area contributed by atoms with Crippen LogP contribution in [0.4, 0.5) is 13.2 Å². The molecule has 0 saturated heterocycles. The molecule has 0 radical (unpaired) electrons. The molecule has 2 atom stereocenters. The molecule has 140 valence electrons. The van der Waals surface area contributed by atoms with Crippen molar-refractivity contribution >= 4 is 23.0 Å². The molecule has 1 aromatic heterocycles. The van der Waals surface area contributed by atoms with Gasteiger partial charge < -0.3 is 5.32 Å². The highest BCUT2D eigenvalue weighted by Gasteiger charge is 2.42. The molecule has 0 saturated carbocycles. The SMILES string of the molecule is O=C1C[C@H](c2ccccc2C(F)(F)F)C2=C(C[C@@H](c3cccs3)CC2=O)N1. The number of amides is 1. The maximum Gasteiger partial charge on any atom is 0.416 e. The van der Waals surface area contributed by atoms with Crippen molar-refractivity contribution in [3.63, 3.8) is 0 Å². The highest BCUT2D eigenvalue weighted by atomic mass is 32.1. The molecule has 3 nitrogen and oxygen atoms in total. The Balaban J connectivity index is 1.79. The lowest BCUT2D eigenvalue weighted by atomic mass is 9.74. The van der Waals surface area contributed by atoms with Crippen LogP contribution < -0.4 is 5.32 Å². The van der Waals surface area contributed by atoms with Gasteiger partial charge in [0.05, 0.1) is 5.56 Å². The van der Waals surface area contributed by atoms with E-state index in [1.165, 1.54) is 29.5 Å². The number of hydrogen-bond donors (Lipinski definition) is 1. The number of ketones is 1. The summed E-state index contributed by atoms with van der Waals surface area (Å²) in [5.74, 6) is -1.44. The van der Waals surface area contributed by atoms with Gasteiger partial charge in [-0.3, -0.25) is 9.59 Å². The van der Waals surface area contributed by atoms with Crippen molar-refractivity contribution < 1.29 is 22.8 Å². The molecular weight excluding hydrogens is 375 g/mol. The minimum atomic E-state index is -4.54. The van der Waals surface area contributed by atoms with Crippen LogP contribution in [-0.2, 0) is 15.8 Å². The summed E-state index contributed by atoms with van der Waals surface area (Å²) in [6.07, 6.45) is -3.98. The summed E-state index contributed by atoms with van der Waals surface area (Å²) in [5.41, 5.74) is 0.0157. The summed E-state index contributed by atoms with van der Waals surface area (Å²) in [5, 5.41) is 4.66. The van der Waals surface area contributed by atoms with Gasteiger partial charge in [-0.1, -0.05) is 24.3 Å². The number of Topliss-reactive ketones (excluding diaryl/α,β-unsaturated/α-hetero) is 1. The Bertz CT molecular complexity index is 931. The van der Waals surface area contributed by atoms with Gasteiger partial charge in [0, 0.05) is 40.8 Å². The molecule has 2 aliphatic rings. The van der Waals surface area contributed by atoms with E-state index in [1.54, 1.807) is 0 Å². The average molecular weight is 391 g/mol. The van der Waals surface area contributed by atoms with Gasteiger partial charge in [-0.15, -0.1) is 11.3 Å². The molecule has 2 aromatic rings. The Hall–Kier alpha value is -2.41. The number of carbonyl (C=O) groups excluding carboxylic acids is 2. The van der Waals surface area contributed by atoms with Crippen LogP contribution in [-0.4, -0.2) is 11.7 Å². The topological polar surface area (TPSA) is 46.2 Å². The number of allylic oxidation sites excluding steroid dienone is 2. The predicted octanol–water partition coefficient (Wildman–Crippen LogP) is 4.77. The molecule has 1 amide bonds. The number of hydrogen-bond acceptors (Lipinski definition) is 3. The van der Waals surface area contributed by atoms with Crippen LogP contribution in [0.1, 0.15) is 47.1 Å². The van der Waals surface area contributed by atoms with E-state index in [-0.39, 0.29) is 36.0 Å². The maximum absolute atomic E-state index is 13.5. The molecule has 0 spiro atoms. The fraction of sp³-hybridized carbons (Fsp3) is 0.300. The Kier molecular flexibility index (Phi) is 4.42. The molecule has 0 fully saturated rings. The van der Waals surface area contributed by atoms with Gasteiger partial charge in [0.15, 0.2) is 5.78 Å². The largest absolute Gasteiger partial charge is 0.416 e. The van der Waals surface area contributed by atoms with Crippen LogP contribution in [0.5, 0.6) is 0 Å². The number of carbonyl (C=O) groups is 2. The number of benzene rings is 1. The molecule has 1 aliphatic heterocycles. The third-order valence-electron chi connectivity index (χ3n) is 5.12. The van der Waals surface area contributed by atoms with Crippen molar-refractivity contribution in [1.29, 1.82) is 0 Å². The fourth-order valence-electron chi connectivity index (χ4n) is 4.01. The molecule has 27 heavy (non-hydrogen) atoms. The molecule has 1 aromatic carbocycles. The first-order valence-corrected chi connectivity index (χ1v) is 9.48. The lowest BCUT2D eigenvalue weighted by molar-refractivity contribution is -0.138. The molecule has 0 unspecified atom stereocenters. The summed E-state index contributed by atoms with van der Waals surface area (Å²) >= 11 is 1.54.